The quantitative estimate of drug-likeness (QED) is 0.888. The minimum Gasteiger partial charge on any atom is -0.481 e. The van der Waals surface area contributed by atoms with Crippen LogP contribution in [0.15, 0.2) is 60.7 Å². The number of carbonyl (C=O) groups is 1. The van der Waals surface area contributed by atoms with Crippen molar-refractivity contribution < 1.29 is 9.90 Å². The molecular formula is C18H18O2. The molecule has 2 nitrogen and oxygen atoms in total. The zero-order chi connectivity index (χ0) is 14.0. The third kappa shape index (κ3) is 2.34. The predicted octanol–water partition coefficient (Wildman–Crippen LogP) is 3.98. The number of benzene rings is 2. The standard InChI is InChI=1S/C18H18O2/c19-17(20)11-12-18(15-9-5-2-6-10-15)13-16(18)14-7-3-1-4-8-14/h1-10,16H,11-13H2,(H,19,20)/t16?,18-/m1/s1. The summed E-state index contributed by atoms with van der Waals surface area (Å²) in [5.74, 6) is -0.260. The van der Waals surface area contributed by atoms with Crippen molar-refractivity contribution in [1.29, 1.82) is 0 Å². The van der Waals surface area contributed by atoms with Gasteiger partial charge >= 0.3 is 5.97 Å². The summed E-state index contributed by atoms with van der Waals surface area (Å²) in [5, 5.41) is 9.01. The lowest BCUT2D eigenvalue weighted by Crippen LogP contribution is -2.12. The fraction of sp³-hybridized carbons (Fsp3) is 0.278. The van der Waals surface area contributed by atoms with Crippen molar-refractivity contribution >= 4 is 5.97 Å². The number of hydrogen-bond acceptors (Lipinski definition) is 1. The Labute approximate surface area is 119 Å². The second-order valence-electron chi connectivity index (χ2n) is 5.58. The molecule has 2 aromatic carbocycles. The highest BCUT2D eigenvalue weighted by Crippen LogP contribution is 2.62. The first kappa shape index (κ1) is 12.9. The monoisotopic (exact) mass is 266 g/mol. The van der Waals surface area contributed by atoms with E-state index in [1.54, 1.807) is 0 Å². The first-order valence-corrected chi connectivity index (χ1v) is 7.05. The van der Waals surface area contributed by atoms with Gasteiger partial charge in [0, 0.05) is 11.8 Å². The molecule has 0 saturated heterocycles. The average Bonchev–Trinajstić information content (AvgIpc) is 3.23. The third-order valence-corrected chi connectivity index (χ3v) is 4.41. The van der Waals surface area contributed by atoms with E-state index in [9.17, 15) is 4.79 Å². The van der Waals surface area contributed by atoms with Gasteiger partial charge in [0.1, 0.15) is 0 Å². The van der Waals surface area contributed by atoms with Crippen molar-refractivity contribution in [3.8, 4) is 0 Å². The molecule has 2 heteroatoms. The Morgan fingerprint density at radius 3 is 2.25 bits per heavy atom. The zero-order valence-electron chi connectivity index (χ0n) is 11.3. The van der Waals surface area contributed by atoms with Crippen LogP contribution in [0.4, 0.5) is 0 Å². The molecule has 0 radical (unpaired) electrons. The average molecular weight is 266 g/mol. The van der Waals surface area contributed by atoms with Crippen molar-refractivity contribution in [3.63, 3.8) is 0 Å². The Hall–Kier alpha value is -2.09. The van der Waals surface area contributed by atoms with Crippen LogP contribution in [0.25, 0.3) is 0 Å². The van der Waals surface area contributed by atoms with E-state index < -0.39 is 5.97 Å². The van der Waals surface area contributed by atoms with E-state index >= 15 is 0 Å². The SMILES string of the molecule is O=C(O)CC[C@]1(c2ccccc2)CC1c1ccccc1. The molecule has 1 N–H and O–H groups in total. The molecule has 0 bridgehead atoms. The summed E-state index contributed by atoms with van der Waals surface area (Å²) in [6.45, 7) is 0. The summed E-state index contributed by atoms with van der Waals surface area (Å²) >= 11 is 0. The summed E-state index contributed by atoms with van der Waals surface area (Å²) in [5.41, 5.74) is 2.61. The lowest BCUT2D eigenvalue weighted by molar-refractivity contribution is -0.137. The number of rotatable bonds is 5. The lowest BCUT2D eigenvalue weighted by atomic mass is 9.86. The van der Waals surface area contributed by atoms with Crippen LogP contribution in [0.3, 0.4) is 0 Å². The molecule has 2 aromatic rings. The van der Waals surface area contributed by atoms with Crippen molar-refractivity contribution in [1.82, 2.24) is 0 Å². The molecule has 0 aromatic heterocycles. The molecule has 0 spiro atoms. The molecule has 0 heterocycles. The van der Waals surface area contributed by atoms with Gasteiger partial charge in [-0.3, -0.25) is 4.79 Å². The van der Waals surface area contributed by atoms with Crippen LogP contribution >= 0.6 is 0 Å². The van der Waals surface area contributed by atoms with Crippen molar-refractivity contribution in [3.05, 3.63) is 71.8 Å². The van der Waals surface area contributed by atoms with Crippen molar-refractivity contribution in [2.24, 2.45) is 0 Å². The lowest BCUT2D eigenvalue weighted by Gasteiger charge is -2.17. The van der Waals surface area contributed by atoms with Gasteiger partial charge in [-0.15, -0.1) is 0 Å². The van der Waals surface area contributed by atoms with E-state index in [1.165, 1.54) is 11.1 Å². The van der Waals surface area contributed by atoms with E-state index in [-0.39, 0.29) is 11.8 Å². The van der Waals surface area contributed by atoms with Gasteiger partial charge in [0.05, 0.1) is 0 Å². The Bertz CT molecular complexity index is 591. The smallest absolute Gasteiger partial charge is 0.303 e. The van der Waals surface area contributed by atoms with Gasteiger partial charge in [-0.2, -0.15) is 0 Å². The van der Waals surface area contributed by atoms with Crippen LogP contribution in [0.2, 0.25) is 0 Å². The molecule has 0 amide bonds. The highest BCUT2D eigenvalue weighted by atomic mass is 16.4. The van der Waals surface area contributed by atoms with Crippen LogP contribution < -0.4 is 0 Å². The number of carboxylic acid groups (broad SMARTS) is 1. The van der Waals surface area contributed by atoms with Crippen LogP contribution in [0, 0.1) is 0 Å². The molecule has 1 aliphatic rings. The molecule has 1 aliphatic carbocycles. The largest absolute Gasteiger partial charge is 0.481 e. The van der Waals surface area contributed by atoms with Gasteiger partial charge in [0.25, 0.3) is 0 Å². The van der Waals surface area contributed by atoms with Gasteiger partial charge in [0.2, 0.25) is 0 Å². The number of carboxylic acids is 1. The summed E-state index contributed by atoms with van der Waals surface area (Å²) in [4.78, 5) is 10.9. The third-order valence-electron chi connectivity index (χ3n) is 4.41. The van der Waals surface area contributed by atoms with E-state index in [1.807, 2.05) is 24.3 Å². The molecule has 1 unspecified atom stereocenters. The molecule has 1 fully saturated rings. The van der Waals surface area contributed by atoms with Crippen molar-refractivity contribution in [2.45, 2.75) is 30.6 Å². The fourth-order valence-electron chi connectivity index (χ4n) is 3.27. The zero-order valence-corrected chi connectivity index (χ0v) is 11.3. The molecular weight excluding hydrogens is 248 g/mol. The van der Waals surface area contributed by atoms with E-state index in [0.29, 0.717) is 12.3 Å². The molecule has 0 aliphatic heterocycles. The van der Waals surface area contributed by atoms with Gasteiger partial charge in [0.15, 0.2) is 0 Å². The van der Waals surface area contributed by atoms with Crippen LogP contribution in [-0.4, -0.2) is 11.1 Å². The number of aliphatic carboxylic acids is 1. The summed E-state index contributed by atoms with van der Waals surface area (Å²) in [7, 11) is 0. The summed E-state index contributed by atoms with van der Waals surface area (Å²) < 4.78 is 0. The molecule has 102 valence electrons. The minimum atomic E-state index is -0.709. The maximum absolute atomic E-state index is 10.9. The summed E-state index contributed by atoms with van der Waals surface area (Å²) in [6.07, 6.45) is 2.00. The van der Waals surface area contributed by atoms with Gasteiger partial charge < -0.3 is 5.11 Å². The van der Waals surface area contributed by atoms with E-state index in [4.69, 9.17) is 5.11 Å². The van der Waals surface area contributed by atoms with Crippen LogP contribution in [-0.2, 0) is 10.2 Å². The maximum Gasteiger partial charge on any atom is 0.303 e. The Balaban J connectivity index is 1.90. The van der Waals surface area contributed by atoms with E-state index in [0.717, 1.165) is 6.42 Å². The second-order valence-corrected chi connectivity index (χ2v) is 5.58. The van der Waals surface area contributed by atoms with Crippen LogP contribution in [0.1, 0.15) is 36.3 Å². The van der Waals surface area contributed by atoms with Gasteiger partial charge in [-0.05, 0) is 29.9 Å². The second kappa shape index (κ2) is 5.12. The Kier molecular flexibility index (Phi) is 3.31. The predicted molar refractivity (Wildman–Crippen MR) is 78.8 cm³/mol. The first-order valence-electron chi connectivity index (χ1n) is 7.05. The van der Waals surface area contributed by atoms with Crippen molar-refractivity contribution in [2.75, 3.05) is 0 Å². The highest BCUT2D eigenvalue weighted by molar-refractivity contribution is 5.67. The summed E-state index contributed by atoms with van der Waals surface area (Å²) in [6, 6.07) is 20.8. The normalized spacial score (nSPS) is 24.3. The van der Waals surface area contributed by atoms with Crippen LogP contribution in [0.5, 0.6) is 0 Å². The fourth-order valence-corrected chi connectivity index (χ4v) is 3.27. The molecule has 3 rings (SSSR count). The van der Waals surface area contributed by atoms with E-state index in [2.05, 4.69) is 36.4 Å². The maximum atomic E-state index is 10.9. The Morgan fingerprint density at radius 2 is 1.65 bits per heavy atom. The first-order chi connectivity index (χ1) is 9.72. The topological polar surface area (TPSA) is 37.3 Å². The highest BCUT2D eigenvalue weighted by Gasteiger charge is 2.55. The molecule has 20 heavy (non-hydrogen) atoms. The molecule has 1 saturated carbocycles. The number of hydrogen-bond donors (Lipinski definition) is 1. The van der Waals surface area contributed by atoms with Gasteiger partial charge in [-0.25, -0.2) is 0 Å². The Morgan fingerprint density at radius 1 is 1.05 bits per heavy atom. The minimum absolute atomic E-state index is 0.0149. The van der Waals surface area contributed by atoms with Gasteiger partial charge in [-0.1, -0.05) is 60.7 Å². The molecule has 2 atom stereocenters.